The summed E-state index contributed by atoms with van der Waals surface area (Å²) in [5.41, 5.74) is 0.662. The average molecular weight is 199 g/mol. The van der Waals surface area contributed by atoms with E-state index < -0.39 is 0 Å². The molecule has 0 N–H and O–H groups in total. The van der Waals surface area contributed by atoms with Crippen molar-refractivity contribution in [3.63, 3.8) is 0 Å². The second-order valence-corrected chi connectivity index (χ2v) is 2.88. The number of nitrogens with zero attached hydrogens (tertiary/aromatic N) is 2. The molecule has 1 aromatic heterocycles. The van der Waals surface area contributed by atoms with E-state index in [-0.39, 0.29) is 0 Å². The molecule has 13 heavy (non-hydrogen) atoms. The largest absolute Gasteiger partial charge is 0.378 e. The Bertz CT molecular complexity index is 290. The van der Waals surface area contributed by atoms with Crippen LogP contribution in [0.4, 0.5) is 0 Å². The molecule has 0 aromatic carbocycles. The van der Waals surface area contributed by atoms with E-state index in [9.17, 15) is 0 Å². The highest BCUT2D eigenvalue weighted by molar-refractivity contribution is 6.17. The van der Waals surface area contributed by atoms with E-state index in [2.05, 4.69) is 6.07 Å². The van der Waals surface area contributed by atoms with Crippen molar-refractivity contribution < 1.29 is 4.74 Å². The molecule has 0 atom stereocenters. The van der Waals surface area contributed by atoms with Crippen LogP contribution in [0.15, 0.2) is 18.3 Å². The Hall–Kier alpha value is -0.980. The molecular formula is C9H11ClN2O. The average Bonchev–Trinajstić information content (AvgIpc) is 2.60. The van der Waals surface area contributed by atoms with Crippen LogP contribution in [0.5, 0.6) is 0 Å². The Kier molecular flexibility index (Phi) is 4.37. The fourth-order valence-corrected chi connectivity index (χ4v) is 1.14. The number of ether oxygens (including phenoxy) is 1. The van der Waals surface area contributed by atoms with Crippen molar-refractivity contribution in [1.82, 2.24) is 4.57 Å². The molecule has 0 bridgehead atoms. The summed E-state index contributed by atoms with van der Waals surface area (Å²) in [6, 6.07) is 5.72. The van der Waals surface area contributed by atoms with E-state index in [1.165, 1.54) is 0 Å². The van der Waals surface area contributed by atoms with Crippen molar-refractivity contribution in [3.8, 4) is 6.07 Å². The molecule has 0 aliphatic rings. The zero-order valence-corrected chi connectivity index (χ0v) is 8.00. The van der Waals surface area contributed by atoms with E-state index in [1.807, 2.05) is 16.8 Å². The van der Waals surface area contributed by atoms with E-state index >= 15 is 0 Å². The van der Waals surface area contributed by atoms with Crippen molar-refractivity contribution in [2.75, 3.05) is 19.1 Å². The van der Waals surface area contributed by atoms with Gasteiger partial charge in [-0.3, -0.25) is 0 Å². The van der Waals surface area contributed by atoms with E-state index in [1.54, 1.807) is 6.07 Å². The fourth-order valence-electron chi connectivity index (χ4n) is 1.03. The highest BCUT2D eigenvalue weighted by Gasteiger charge is 1.97. The predicted molar refractivity (Wildman–Crippen MR) is 50.7 cm³/mol. The van der Waals surface area contributed by atoms with Gasteiger partial charge in [0.05, 0.1) is 13.2 Å². The quantitative estimate of drug-likeness (QED) is 0.533. The summed E-state index contributed by atoms with van der Waals surface area (Å²) in [5.74, 6) is 0.511. The van der Waals surface area contributed by atoms with E-state index in [0.29, 0.717) is 31.3 Å². The molecule has 0 fully saturated rings. The third-order valence-electron chi connectivity index (χ3n) is 1.64. The Labute approximate surface area is 82.5 Å². The van der Waals surface area contributed by atoms with Crippen molar-refractivity contribution in [3.05, 3.63) is 24.0 Å². The van der Waals surface area contributed by atoms with Gasteiger partial charge >= 0.3 is 0 Å². The highest BCUT2D eigenvalue weighted by Crippen LogP contribution is 1.99. The SMILES string of the molecule is N#Cc1cccn1CCOCCCl. The molecule has 0 radical (unpaired) electrons. The molecule has 70 valence electrons. The molecule has 0 aliphatic heterocycles. The number of hydrogen-bond acceptors (Lipinski definition) is 2. The van der Waals surface area contributed by atoms with Crippen LogP contribution in [0.1, 0.15) is 5.69 Å². The summed E-state index contributed by atoms with van der Waals surface area (Å²) in [4.78, 5) is 0. The second-order valence-electron chi connectivity index (χ2n) is 2.50. The molecule has 1 rings (SSSR count). The summed E-state index contributed by atoms with van der Waals surface area (Å²) >= 11 is 5.44. The van der Waals surface area contributed by atoms with Gasteiger partial charge < -0.3 is 9.30 Å². The third-order valence-corrected chi connectivity index (χ3v) is 1.80. The lowest BCUT2D eigenvalue weighted by Crippen LogP contribution is -2.07. The Morgan fingerprint density at radius 2 is 2.38 bits per heavy atom. The summed E-state index contributed by atoms with van der Waals surface area (Å²) < 4.78 is 7.05. The maximum Gasteiger partial charge on any atom is 0.120 e. The molecule has 3 nitrogen and oxygen atoms in total. The molecule has 1 heterocycles. The number of alkyl halides is 1. The molecule has 0 saturated heterocycles. The molecular weight excluding hydrogens is 188 g/mol. The van der Waals surface area contributed by atoms with Crippen LogP contribution < -0.4 is 0 Å². The van der Waals surface area contributed by atoms with Crippen LogP contribution in [0.25, 0.3) is 0 Å². The van der Waals surface area contributed by atoms with Gasteiger partial charge in [-0.25, -0.2) is 0 Å². The van der Waals surface area contributed by atoms with Gasteiger partial charge in [-0.05, 0) is 12.1 Å². The maximum absolute atomic E-state index is 8.68. The number of halogens is 1. The van der Waals surface area contributed by atoms with Gasteiger partial charge in [0.2, 0.25) is 0 Å². The van der Waals surface area contributed by atoms with Crippen molar-refractivity contribution in [2.24, 2.45) is 0 Å². The van der Waals surface area contributed by atoms with Gasteiger partial charge in [-0.1, -0.05) is 0 Å². The Balaban J connectivity index is 2.33. The summed E-state index contributed by atoms with van der Waals surface area (Å²) in [6.45, 7) is 1.85. The van der Waals surface area contributed by atoms with E-state index in [4.69, 9.17) is 21.6 Å². The maximum atomic E-state index is 8.68. The second kappa shape index (κ2) is 5.63. The van der Waals surface area contributed by atoms with Crippen LogP contribution in [0, 0.1) is 11.3 Å². The third kappa shape index (κ3) is 3.10. The van der Waals surface area contributed by atoms with Crippen LogP contribution in [0.3, 0.4) is 0 Å². The Morgan fingerprint density at radius 3 is 3.08 bits per heavy atom. The molecule has 0 saturated carbocycles. The molecule has 0 spiro atoms. The van der Waals surface area contributed by atoms with Gasteiger partial charge in [0.25, 0.3) is 0 Å². The first-order chi connectivity index (χ1) is 6.38. The minimum absolute atomic E-state index is 0.511. The van der Waals surface area contributed by atoms with Gasteiger partial charge in [0.1, 0.15) is 11.8 Å². The smallest absolute Gasteiger partial charge is 0.120 e. The number of rotatable bonds is 5. The molecule has 0 unspecified atom stereocenters. The lowest BCUT2D eigenvalue weighted by atomic mass is 10.5. The summed E-state index contributed by atoms with van der Waals surface area (Å²) in [7, 11) is 0. The number of nitriles is 1. The molecule has 4 heteroatoms. The topological polar surface area (TPSA) is 38.0 Å². The van der Waals surface area contributed by atoms with Crippen molar-refractivity contribution in [1.29, 1.82) is 5.26 Å². The van der Waals surface area contributed by atoms with Crippen LogP contribution in [-0.2, 0) is 11.3 Å². The summed E-state index contributed by atoms with van der Waals surface area (Å²) in [6.07, 6.45) is 1.86. The zero-order valence-electron chi connectivity index (χ0n) is 7.24. The minimum atomic E-state index is 0.511. The minimum Gasteiger partial charge on any atom is -0.378 e. The number of aromatic nitrogens is 1. The zero-order chi connectivity index (χ0) is 9.52. The summed E-state index contributed by atoms with van der Waals surface area (Å²) in [5, 5.41) is 8.68. The van der Waals surface area contributed by atoms with Crippen molar-refractivity contribution >= 4 is 11.6 Å². The first-order valence-electron chi connectivity index (χ1n) is 4.07. The van der Waals surface area contributed by atoms with Gasteiger partial charge in [-0.2, -0.15) is 5.26 Å². The first kappa shape index (κ1) is 10.1. The van der Waals surface area contributed by atoms with Crippen LogP contribution >= 0.6 is 11.6 Å². The van der Waals surface area contributed by atoms with Crippen LogP contribution in [-0.4, -0.2) is 23.7 Å². The first-order valence-corrected chi connectivity index (χ1v) is 4.61. The predicted octanol–water partition coefficient (Wildman–Crippen LogP) is 1.62. The standard InChI is InChI=1S/C9H11ClN2O/c10-3-6-13-7-5-12-4-1-2-9(12)8-11/h1-2,4H,3,5-7H2. The Morgan fingerprint density at radius 1 is 1.54 bits per heavy atom. The lowest BCUT2D eigenvalue weighted by Gasteiger charge is -2.04. The van der Waals surface area contributed by atoms with E-state index in [0.717, 1.165) is 0 Å². The molecule has 0 aliphatic carbocycles. The lowest BCUT2D eigenvalue weighted by molar-refractivity contribution is 0.140. The van der Waals surface area contributed by atoms with Gasteiger partial charge in [0, 0.05) is 18.6 Å². The molecule has 1 aromatic rings. The highest BCUT2D eigenvalue weighted by atomic mass is 35.5. The fraction of sp³-hybridized carbons (Fsp3) is 0.444. The normalized spacial score (nSPS) is 9.85. The monoisotopic (exact) mass is 198 g/mol. The van der Waals surface area contributed by atoms with Gasteiger partial charge in [-0.15, -0.1) is 11.6 Å². The van der Waals surface area contributed by atoms with Crippen molar-refractivity contribution in [2.45, 2.75) is 6.54 Å². The molecule has 0 amide bonds. The van der Waals surface area contributed by atoms with Crippen LogP contribution in [0.2, 0.25) is 0 Å². The number of hydrogen-bond donors (Lipinski definition) is 0. The van der Waals surface area contributed by atoms with Gasteiger partial charge in [0.15, 0.2) is 0 Å².